The zero-order valence-corrected chi connectivity index (χ0v) is 10.2. The highest BCUT2D eigenvalue weighted by Gasteiger charge is 2.22. The second kappa shape index (κ2) is 6.24. The number of nitrogens with zero attached hydrogens (tertiary/aromatic N) is 3. The van der Waals surface area contributed by atoms with Crippen molar-refractivity contribution in [1.82, 2.24) is 5.32 Å². The minimum atomic E-state index is -0.779. The van der Waals surface area contributed by atoms with Gasteiger partial charge in [0.05, 0.1) is 20.8 Å². The molecule has 0 spiro atoms. The van der Waals surface area contributed by atoms with Crippen molar-refractivity contribution in [3.8, 4) is 6.07 Å². The molecule has 0 bridgehead atoms. The number of nitriles is 1. The first kappa shape index (κ1) is 13.5. The van der Waals surface area contributed by atoms with Crippen LogP contribution >= 0.6 is 0 Å². The third kappa shape index (κ3) is 2.98. The van der Waals surface area contributed by atoms with Crippen molar-refractivity contribution in [2.45, 2.75) is 6.92 Å². The van der Waals surface area contributed by atoms with E-state index in [-0.39, 0.29) is 30.0 Å². The van der Waals surface area contributed by atoms with Gasteiger partial charge in [-0.1, -0.05) is 0 Å². The third-order valence-electron chi connectivity index (χ3n) is 1.83. The Bertz CT molecular complexity index is 473. The van der Waals surface area contributed by atoms with E-state index >= 15 is 0 Å². The summed E-state index contributed by atoms with van der Waals surface area (Å²) in [5.74, 6) is -0.807. The van der Waals surface area contributed by atoms with Crippen molar-refractivity contribution in [1.29, 1.82) is 5.26 Å². The van der Waals surface area contributed by atoms with E-state index in [9.17, 15) is 4.79 Å². The van der Waals surface area contributed by atoms with Gasteiger partial charge in [-0.05, 0) is 6.92 Å². The van der Waals surface area contributed by atoms with Crippen LogP contribution in [0.5, 0.6) is 0 Å². The summed E-state index contributed by atoms with van der Waals surface area (Å²) < 4.78 is 14.4. The fourth-order valence-electron chi connectivity index (χ4n) is 1.07. The Balaban J connectivity index is 3.14. The lowest BCUT2D eigenvalue weighted by molar-refractivity contribution is -0.138. The molecule has 0 atom stereocenters. The molecule has 0 fully saturated rings. The van der Waals surface area contributed by atoms with Crippen LogP contribution in [0.4, 0.5) is 0 Å². The maximum absolute atomic E-state index is 11.5. The first-order valence-electron chi connectivity index (χ1n) is 5.00. The van der Waals surface area contributed by atoms with Crippen LogP contribution in [0.3, 0.4) is 0 Å². The molecule has 0 unspecified atom stereocenters. The molecular weight excluding hydrogens is 240 g/mol. The van der Waals surface area contributed by atoms with Gasteiger partial charge in [0.1, 0.15) is 6.07 Å². The van der Waals surface area contributed by atoms with Crippen molar-refractivity contribution >= 4 is 18.0 Å². The Morgan fingerprint density at radius 1 is 1.39 bits per heavy atom. The first-order valence-corrected chi connectivity index (χ1v) is 5.00. The average molecular weight is 252 g/mol. The minimum absolute atomic E-state index is 0.0281. The number of rotatable bonds is 2. The van der Waals surface area contributed by atoms with E-state index in [1.54, 1.807) is 13.0 Å². The van der Waals surface area contributed by atoms with Gasteiger partial charge in [-0.2, -0.15) is 10.3 Å². The van der Waals surface area contributed by atoms with Crippen LogP contribution in [0.25, 0.3) is 0 Å². The standard InChI is InChI=1S/C10H12N4O4/c1-4-18-8(15)6(5-11)7-12-9(16-2)14-10(13-7)17-3/h4H2,1-3H3,(H,12,13,14). The monoisotopic (exact) mass is 252 g/mol. The van der Waals surface area contributed by atoms with Gasteiger partial charge in [-0.15, -0.1) is 4.99 Å². The van der Waals surface area contributed by atoms with E-state index in [1.165, 1.54) is 14.2 Å². The zero-order valence-electron chi connectivity index (χ0n) is 10.2. The van der Waals surface area contributed by atoms with Gasteiger partial charge in [0.25, 0.3) is 6.02 Å². The molecule has 1 N–H and O–H groups in total. The summed E-state index contributed by atoms with van der Waals surface area (Å²) in [7, 11) is 2.73. The molecule has 0 saturated carbocycles. The molecule has 96 valence electrons. The maximum Gasteiger partial charge on any atom is 0.352 e. The third-order valence-corrected chi connectivity index (χ3v) is 1.83. The highest BCUT2D eigenvalue weighted by molar-refractivity contribution is 5.98. The van der Waals surface area contributed by atoms with Gasteiger partial charge in [0, 0.05) is 0 Å². The number of amidine groups is 2. The fraction of sp³-hybridized carbons (Fsp3) is 0.400. The smallest absolute Gasteiger partial charge is 0.352 e. The van der Waals surface area contributed by atoms with E-state index in [0.29, 0.717) is 0 Å². The minimum Gasteiger partial charge on any atom is -0.468 e. The van der Waals surface area contributed by atoms with Gasteiger partial charge in [-0.3, -0.25) is 5.32 Å². The van der Waals surface area contributed by atoms with Crippen LogP contribution in [-0.2, 0) is 19.0 Å². The van der Waals surface area contributed by atoms with Gasteiger partial charge >= 0.3 is 12.0 Å². The molecule has 1 heterocycles. The van der Waals surface area contributed by atoms with Crippen molar-refractivity contribution in [3.63, 3.8) is 0 Å². The molecule has 8 heteroatoms. The lowest BCUT2D eigenvalue weighted by Crippen LogP contribution is -2.31. The second-order valence-corrected chi connectivity index (χ2v) is 2.90. The van der Waals surface area contributed by atoms with Crippen molar-refractivity contribution in [2.75, 3.05) is 20.8 Å². The summed E-state index contributed by atoms with van der Waals surface area (Å²) in [5.41, 5.74) is -0.282. The van der Waals surface area contributed by atoms with Crippen LogP contribution in [0.15, 0.2) is 21.4 Å². The number of carbonyl (C=O) groups is 1. The largest absolute Gasteiger partial charge is 0.468 e. The highest BCUT2D eigenvalue weighted by Crippen LogP contribution is 2.10. The molecule has 0 aromatic carbocycles. The summed E-state index contributed by atoms with van der Waals surface area (Å²) in [5, 5.41) is 11.5. The van der Waals surface area contributed by atoms with Gasteiger partial charge in [-0.25, -0.2) is 4.79 Å². The van der Waals surface area contributed by atoms with Crippen molar-refractivity contribution in [3.05, 3.63) is 11.4 Å². The molecule has 0 amide bonds. The first-order chi connectivity index (χ1) is 8.65. The lowest BCUT2D eigenvalue weighted by atomic mass is 10.3. The maximum atomic E-state index is 11.5. The number of carbonyl (C=O) groups excluding carboxylic acids is 1. The number of esters is 1. The SMILES string of the molecule is CCOC(=O)/C(C#N)=C1/N=C(OC)N=C(OC)N1. The predicted molar refractivity (Wildman–Crippen MR) is 61.3 cm³/mol. The Hall–Kier alpha value is -2.56. The Morgan fingerprint density at radius 2 is 2.11 bits per heavy atom. The quantitative estimate of drug-likeness (QED) is 0.417. The van der Waals surface area contributed by atoms with Crippen molar-refractivity contribution < 1.29 is 19.0 Å². The van der Waals surface area contributed by atoms with Crippen LogP contribution in [0.1, 0.15) is 6.92 Å². The molecule has 0 saturated heterocycles. The molecule has 0 aromatic rings. The van der Waals surface area contributed by atoms with E-state index in [2.05, 4.69) is 15.3 Å². The summed E-state index contributed by atoms with van der Waals surface area (Å²) in [6, 6.07) is 1.75. The van der Waals surface area contributed by atoms with Gasteiger partial charge in [0.15, 0.2) is 11.4 Å². The van der Waals surface area contributed by atoms with Crippen molar-refractivity contribution in [2.24, 2.45) is 9.98 Å². The van der Waals surface area contributed by atoms with Crippen LogP contribution < -0.4 is 5.32 Å². The molecule has 8 nitrogen and oxygen atoms in total. The topological polar surface area (TPSA) is 105 Å². The Kier molecular flexibility index (Phi) is 4.68. The normalized spacial score (nSPS) is 16.6. The van der Waals surface area contributed by atoms with Crippen LogP contribution in [0, 0.1) is 11.3 Å². The zero-order chi connectivity index (χ0) is 13.5. The number of nitrogens with one attached hydrogen (secondary N) is 1. The highest BCUT2D eigenvalue weighted by atomic mass is 16.5. The predicted octanol–water partition coefficient (Wildman–Crippen LogP) is -0.107. The summed E-state index contributed by atoms with van der Waals surface area (Å²) in [6.45, 7) is 1.79. The number of hydrogen-bond donors (Lipinski definition) is 1. The van der Waals surface area contributed by atoms with Gasteiger partial charge in [0.2, 0.25) is 0 Å². The number of ether oxygens (including phenoxy) is 3. The Labute approximate surface area is 104 Å². The fourth-order valence-corrected chi connectivity index (χ4v) is 1.07. The molecule has 0 aliphatic carbocycles. The molecule has 0 aromatic heterocycles. The molecule has 18 heavy (non-hydrogen) atoms. The van der Waals surface area contributed by atoms with Crippen LogP contribution in [0.2, 0.25) is 0 Å². The molecule has 1 rings (SSSR count). The number of aliphatic imine (C=N–C) groups is 2. The van der Waals surface area contributed by atoms with E-state index in [4.69, 9.17) is 19.5 Å². The average Bonchev–Trinajstić information content (AvgIpc) is 2.39. The number of methoxy groups -OCH3 is 2. The second-order valence-electron chi connectivity index (χ2n) is 2.90. The summed E-state index contributed by atoms with van der Waals surface area (Å²) in [4.78, 5) is 19.2. The molecule has 1 aliphatic rings. The van der Waals surface area contributed by atoms with Gasteiger partial charge < -0.3 is 14.2 Å². The van der Waals surface area contributed by atoms with E-state index in [0.717, 1.165) is 0 Å². The van der Waals surface area contributed by atoms with Crippen LogP contribution in [-0.4, -0.2) is 38.8 Å². The Morgan fingerprint density at radius 3 is 2.61 bits per heavy atom. The molecule has 0 radical (unpaired) electrons. The molecular formula is C10H12N4O4. The van der Waals surface area contributed by atoms with E-state index < -0.39 is 5.97 Å². The number of hydrogen-bond acceptors (Lipinski definition) is 8. The molecule has 1 aliphatic heterocycles. The lowest BCUT2D eigenvalue weighted by Gasteiger charge is -2.14. The van der Waals surface area contributed by atoms with E-state index in [1.807, 2.05) is 0 Å². The summed E-state index contributed by atoms with van der Waals surface area (Å²) in [6.07, 6.45) is 0. The summed E-state index contributed by atoms with van der Waals surface area (Å²) >= 11 is 0.